The van der Waals surface area contributed by atoms with Crippen LogP contribution >= 0.6 is 0 Å². The van der Waals surface area contributed by atoms with E-state index in [0.29, 0.717) is 12.2 Å². The molecule has 0 aliphatic carbocycles. The lowest BCUT2D eigenvalue weighted by molar-refractivity contribution is -0.105. The van der Waals surface area contributed by atoms with Crippen molar-refractivity contribution >= 4 is 6.29 Å². The van der Waals surface area contributed by atoms with Gasteiger partial charge in [0.25, 0.3) is 0 Å². The maximum atomic E-state index is 11.6. The number of aldehydes is 1. The summed E-state index contributed by atoms with van der Waals surface area (Å²) in [5.74, 6) is 0.392. The lowest BCUT2D eigenvalue weighted by Crippen LogP contribution is -2.18. The zero-order valence-corrected chi connectivity index (χ0v) is 17.4. The standard InChI is InChI=1S/C23H36O2/c1-9-10-11-16(2)18(15-24)12-17-13-19(22(3,4)5)21(25)20(14-17)23(6,7)8/h13-15,25H,9-12H2,1-8H3. The van der Waals surface area contributed by atoms with Crippen LogP contribution in [0.4, 0.5) is 0 Å². The van der Waals surface area contributed by atoms with Crippen molar-refractivity contribution in [1.82, 2.24) is 0 Å². The highest BCUT2D eigenvalue weighted by atomic mass is 16.3. The second-order valence-corrected chi connectivity index (χ2v) is 9.24. The minimum Gasteiger partial charge on any atom is -0.507 e. The highest BCUT2D eigenvalue weighted by Gasteiger charge is 2.26. The zero-order valence-electron chi connectivity index (χ0n) is 17.4. The molecule has 0 saturated heterocycles. The molecule has 25 heavy (non-hydrogen) atoms. The third-order valence-electron chi connectivity index (χ3n) is 4.78. The largest absolute Gasteiger partial charge is 0.507 e. The summed E-state index contributed by atoms with van der Waals surface area (Å²) < 4.78 is 0. The molecule has 1 N–H and O–H groups in total. The van der Waals surface area contributed by atoms with Crippen molar-refractivity contribution in [3.8, 4) is 5.75 Å². The molecule has 0 atom stereocenters. The molecule has 0 fully saturated rings. The van der Waals surface area contributed by atoms with E-state index in [2.05, 4.69) is 67.5 Å². The van der Waals surface area contributed by atoms with Gasteiger partial charge in [0.15, 0.2) is 0 Å². The number of aromatic hydroxyl groups is 1. The van der Waals surface area contributed by atoms with Gasteiger partial charge in [0.1, 0.15) is 12.0 Å². The quantitative estimate of drug-likeness (QED) is 0.490. The first kappa shape index (κ1) is 21.5. The molecule has 1 aromatic carbocycles. The Morgan fingerprint density at radius 2 is 1.52 bits per heavy atom. The van der Waals surface area contributed by atoms with Crippen LogP contribution in [0.2, 0.25) is 0 Å². The molecular formula is C23H36O2. The van der Waals surface area contributed by atoms with Gasteiger partial charge < -0.3 is 5.11 Å². The average molecular weight is 345 g/mol. The Labute approximate surface area is 154 Å². The van der Waals surface area contributed by atoms with Gasteiger partial charge in [0, 0.05) is 6.42 Å². The number of carbonyl (C=O) groups is 1. The minimum absolute atomic E-state index is 0.150. The van der Waals surface area contributed by atoms with E-state index in [-0.39, 0.29) is 10.8 Å². The van der Waals surface area contributed by atoms with Crippen LogP contribution in [-0.4, -0.2) is 11.4 Å². The predicted octanol–water partition coefficient (Wildman–Crippen LogP) is 6.24. The van der Waals surface area contributed by atoms with Gasteiger partial charge in [-0.05, 0) is 52.9 Å². The molecule has 0 saturated carbocycles. The van der Waals surface area contributed by atoms with Gasteiger partial charge in [-0.3, -0.25) is 4.79 Å². The summed E-state index contributed by atoms with van der Waals surface area (Å²) in [5.41, 5.74) is 4.76. The summed E-state index contributed by atoms with van der Waals surface area (Å²) in [6.07, 6.45) is 4.85. The van der Waals surface area contributed by atoms with Crippen molar-refractivity contribution in [3.05, 3.63) is 40.0 Å². The number of phenolic OH excluding ortho intramolecular Hbond substituents is 1. The van der Waals surface area contributed by atoms with Crippen LogP contribution in [0.15, 0.2) is 23.3 Å². The normalized spacial score (nSPS) is 13.6. The number of carbonyl (C=O) groups excluding carboxylic acids is 1. The van der Waals surface area contributed by atoms with E-state index in [1.807, 2.05) is 0 Å². The maximum absolute atomic E-state index is 11.6. The smallest absolute Gasteiger partial charge is 0.146 e. The molecule has 0 aliphatic rings. The Morgan fingerprint density at radius 3 is 1.88 bits per heavy atom. The monoisotopic (exact) mass is 344 g/mol. The minimum atomic E-state index is -0.150. The second kappa shape index (κ2) is 8.21. The van der Waals surface area contributed by atoms with Crippen LogP contribution in [0.5, 0.6) is 5.75 Å². The summed E-state index contributed by atoms with van der Waals surface area (Å²) in [6.45, 7) is 16.9. The van der Waals surface area contributed by atoms with Crippen LogP contribution < -0.4 is 0 Å². The fourth-order valence-corrected chi connectivity index (χ4v) is 3.06. The summed E-state index contributed by atoms with van der Waals surface area (Å²) >= 11 is 0. The van der Waals surface area contributed by atoms with Crippen LogP contribution in [0.25, 0.3) is 0 Å². The van der Waals surface area contributed by atoms with Crippen molar-refractivity contribution in [1.29, 1.82) is 0 Å². The average Bonchev–Trinajstić information content (AvgIpc) is 2.49. The molecule has 2 heteroatoms. The van der Waals surface area contributed by atoms with E-state index < -0.39 is 0 Å². The van der Waals surface area contributed by atoms with Crippen molar-refractivity contribution in [2.45, 2.75) is 91.9 Å². The fourth-order valence-electron chi connectivity index (χ4n) is 3.06. The second-order valence-electron chi connectivity index (χ2n) is 9.24. The van der Waals surface area contributed by atoms with E-state index in [0.717, 1.165) is 47.8 Å². The number of hydrogen-bond donors (Lipinski definition) is 1. The van der Waals surface area contributed by atoms with Gasteiger partial charge in [-0.1, -0.05) is 72.6 Å². The summed E-state index contributed by atoms with van der Waals surface area (Å²) in [7, 11) is 0. The Hall–Kier alpha value is -1.57. The Balaban J connectivity index is 3.43. The summed E-state index contributed by atoms with van der Waals surface area (Å²) in [6, 6.07) is 4.14. The molecule has 0 bridgehead atoms. The maximum Gasteiger partial charge on any atom is 0.146 e. The summed E-state index contributed by atoms with van der Waals surface area (Å²) in [4.78, 5) is 11.6. The van der Waals surface area contributed by atoms with Crippen molar-refractivity contribution in [2.75, 3.05) is 0 Å². The van der Waals surface area contributed by atoms with Gasteiger partial charge in [0.05, 0.1) is 0 Å². The first-order valence-corrected chi connectivity index (χ1v) is 9.42. The SMILES string of the molecule is CCCCC(C)=C(C=O)Cc1cc(C(C)(C)C)c(O)c(C(C)(C)C)c1. The van der Waals surface area contributed by atoms with Crippen LogP contribution in [0, 0.1) is 0 Å². The van der Waals surface area contributed by atoms with E-state index in [1.54, 1.807) is 0 Å². The Kier molecular flexibility index (Phi) is 7.05. The fraction of sp³-hybridized carbons (Fsp3) is 0.609. The number of allylic oxidation sites excluding steroid dienone is 2. The van der Waals surface area contributed by atoms with Crippen LogP contribution in [0.1, 0.15) is 91.3 Å². The van der Waals surface area contributed by atoms with E-state index >= 15 is 0 Å². The molecule has 0 aromatic heterocycles. The topological polar surface area (TPSA) is 37.3 Å². The van der Waals surface area contributed by atoms with E-state index in [9.17, 15) is 9.90 Å². The van der Waals surface area contributed by atoms with Crippen LogP contribution in [-0.2, 0) is 22.0 Å². The van der Waals surface area contributed by atoms with Gasteiger partial charge in [-0.15, -0.1) is 0 Å². The molecular weight excluding hydrogens is 308 g/mol. The molecule has 140 valence electrons. The van der Waals surface area contributed by atoms with Crippen molar-refractivity contribution in [3.63, 3.8) is 0 Å². The molecule has 0 radical (unpaired) electrons. The van der Waals surface area contributed by atoms with Gasteiger partial charge in [-0.25, -0.2) is 0 Å². The zero-order chi connectivity index (χ0) is 19.4. The molecule has 0 unspecified atom stereocenters. The highest BCUT2D eigenvalue weighted by Crippen LogP contribution is 2.40. The number of benzene rings is 1. The Morgan fingerprint density at radius 1 is 1.04 bits per heavy atom. The Bertz CT molecular complexity index is 602. The molecule has 0 aliphatic heterocycles. The number of unbranched alkanes of at least 4 members (excludes halogenated alkanes) is 1. The van der Waals surface area contributed by atoms with Gasteiger partial charge >= 0.3 is 0 Å². The summed E-state index contributed by atoms with van der Waals surface area (Å²) in [5, 5.41) is 10.8. The van der Waals surface area contributed by atoms with Crippen molar-refractivity contribution in [2.24, 2.45) is 0 Å². The molecule has 0 heterocycles. The van der Waals surface area contributed by atoms with Gasteiger partial charge in [0.2, 0.25) is 0 Å². The molecule has 0 amide bonds. The first-order valence-electron chi connectivity index (χ1n) is 9.42. The van der Waals surface area contributed by atoms with Crippen molar-refractivity contribution < 1.29 is 9.90 Å². The predicted molar refractivity (Wildman–Crippen MR) is 107 cm³/mol. The third kappa shape index (κ3) is 5.73. The molecule has 0 spiro atoms. The molecule has 1 aromatic rings. The number of phenols is 1. The van der Waals surface area contributed by atoms with Gasteiger partial charge in [-0.2, -0.15) is 0 Å². The van der Waals surface area contributed by atoms with E-state index in [1.165, 1.54) is 5.57 Å². The highest BCUT2D eigenvalue weighted by molar-refractivity contribution is 5.75. The number of rotatable bonds is 6. The van der Waals surface area contributed by atoms with Crippen LogP contribution in [0.3, 0.4) is 0 Å². The lowest BCUT2D eigenvalue weighted by atomic mass is 9.78. The number of hydrogen-bond acceptors (Lipinski definition) is 2. The lowest BCUT2D eigenvalue weighted by Gasteiger charge is -2.28. The molecule has 2 nitrogen and oxygen atoms in total. The molecule has 1 rings (SSSR count). The third-order valence-corrected chi connectivity index (χ3v) is 4.78. The van der Waals surface area contributed by atoms with E-state index in [4.69, 9.17) is 0 Å². The first-order chi connectivity index (χ1) is 11.4.